The first-order chi connectivity index (χ1) is 10.1. The molecule has 1 aromatic heterocycles. The molecule has 0 fully saturated rings. The summed E-state index contributed by atoms with van der Waals surface area (Å²) in [4.78, 5) is 0. The van der Waals surface area contributed by atoms with Crippen LogP contribution in [0.1, 0.15) is 17.4 Å². The molecule has 1 heterocycles. The lowest BCUT2D eigenvalue weighted by Crippen LogP contribution is -2.13. The second-order valence-electron chi connectivity index (χ2n) is 4.83. The quantitative estimate of drug-likeness (QED) is 0.726. The maximum Gasteiger partial charge on any atom is 0.152 e. The van der Waals surface area contributed by atoms with E-state index in [0.717, 1.165) is 5.39 Å². The predicted octanol–water partition coefficient (Wildman–Crippen LogP) is 5.12. The van der Waals surface area contributed by atoms with Crippen LogP contribution in [0.4, 0.5) is 4.39 Å². The molecule has 2 nitrogen and oxygen atoms in total. The predicted molar refractivity (Wildman–Crippen MR) is 83.3 cm³/mol. The lowest BCUT2D eigenvalue weighted by molar-refractivity contribution is 0.487. The van der Waals surface area contributed by atoms with Crippen LogP contribution in [0.5, 0.6) is 0 Å². The number of halogens is 3. The van der Waals surface area contributed by atoms with E-state index in [2.05, 4.69) is 0 Å². The number of fused-ring (bicyclic) bond motifs is 1. The molecule has 0 saturated carbocycles. The van der Waals surface area contributed by atoms with Crippen molar-refractivity contribution in [3.63, 3.8) is 0 Å². The standard InChI is InChI=1S/C16H12Cl2FNO/c17-11-5-1-3-9(15(11)19)7-13(20)14-8-10-4-2-6-12(18)16(10)21-14/h1-6,8,13H,7,20H2. The average molecular weight is 324 g/mol. The SMILES string of the molecule is NC(Cc1cccc(Cl)c1F)c1cc2cccc(Cl)c2o1. The van der Waals surface area contributed by atoms with Gasteiger partial charge in [0, 0.05) is 5.39 Å². The normalized spacial score (nSPS) is 12.8. The highest BCUT2D eigenvalue weighted by Crippen LogP contribution is 2.30. The Balaban J connectivity index is 1.92. The van der Waals surface area contributed by atoms with Gasteiger partial charge in [0.1, 0.15) is 11.6 Å². The molecule has 108 valence electrons. The van der Waals surface area contributed by atoms with Gasteiger partial charge in [-0.1, -0.05) is 47.5 Å². The first kappa shape index (κ1) is 14.4. The Labute approximate surface area is 131 Å². The topological polar surface area (TPSA) is 39.2 Å². The molecule has 21 heavy (non-hydrogen) atoms. The van der Waals surface area contributed by atoms with Gasteiger partial charge < -0.3 is 10.2 Å². The van der Waals surface area contributed by atoms with E-state index in [1.807, 2.05) is 18.2 Å². The zero-order valence-corrected chi connectivity index (χ0v) is 12.5. The monoisotopic (exact) mass is 323 g/mol. The van der Waals surface area contributed by atoms with Crippen molar-refractivity contribution in [2.24, 2.45) is 5.73 Å². The van der Waals surface area contributed by atoms with Crippen LogP contribution in [-0.2, 0) is 6.42 Å². The molecule has 0 spiro atoms. The molecule has 0 saturated heterocycles. The minimum Gasteiger partial charge on any atom is -0.458 e. The highest BCUT2D eigenvalue weighted by Gasteiger charge is 2.16. The van der Waals surface area contributed by atoms with Gasteiger partial charge in [-0.15, -0.1) is 0 Å². The number of rotatable bonds is 3. The summed E-state index contributed by atoms with van der Waals surface area (Å²) in [7, 11) is 0. The van der Waals surface area contributed by atoms with Crippen LogP contribution in [0.3, 0.4) is 0 Å². The van der Waals surface area contributed by atoms with E-state index in [1.54, 1.807) is 18.2 Å². The third-order valence-electron chi connectivity index (χ3n) is 3.35. The van der Waals surface area contributed by atoms with Crippen molar-refractivity contribution in [3.05, 3.63) is 69.7 Å². The van der Waals surface area contributed by atoms with Gasteiger partial charge >= 0.3 is 0 Å². The van der Waals surface area contributed by atoms with Gasteiger partial charge in [-0.2, -0.15) is 0 Å². The Morgan fingerprint density at radius 3 is 2.57 bits per heavy atom. The summed E-state index contributed by atoms with van der Waals surface area (Å²) in [6.07, 6.45) is 0.295. The molecular formula is C16H12Cl2FNO. The first-order valence-electron chi connectivity index (χ1n) is 6.42. The molecule has 0 aliphatic heterocycles. The lowest BCUT2D eigenvalue weighted by Gasteiger charge is -2.10. The van der Waals surface area contributed by atoms with Gasteiger partial charge in [0.15, 0.2) is 5.58 Å². The van der Waals surface area contributed by atoms with Crippen molar-refractivity contribution in [1.82, 2.24) is 0 Å². The minimum atomic E-state index is -0.471. The van der Waals surface area contributed by atoms with Crippen molar-refractivity contribution in [2.45, 2.75) is 12.5 Å². The summed E-state index contributed by atoms with van der Waals surface area (Å²) >= 11 is 11.8. The van der Waals surface area contributed by atoms with E-state index >= 15 is 0 Å². The Kier molecular flexibility index (Phi) is 3.89. The third-order valence-corrected chi connectivity index (χ3v) is 3.94. The molecule has 2 N–H and O–H groups in total. The van der Waals surface area contributed by atoms with Gasteiger partial charge in [-0.05, 0) is 30.2 Å². The Morgan fingerprint density at radius 1 is 1.10 bits per heavy atom. The summed E-state index contributed by atoms with van der Waals surface area (Å²) in [5.41, 5.74) is 7.17. The molecular weight excluding hydrogens is 312 g/mol. The highest BCUT2D eigenvalue weighted by molar-refractivity contribution is 6.34. The molecule has 0 amide bonds. The fraction of sp³-hybridized carbons (Fsp3) is 0.125. The van der Waals surface area contributed by atoms with Gasteiger partial charge in [0.25, 0.3) is 0 Å². The maximum atomic E-state index is 13.9. The number of hydrogen-bond acceptors (Lipinski definition) is 2. The van der Waals surface area contributed by atoms with Crippen LogP contribution in [-0.4, -0.2) is 0 Å². The Morgan fingerprint density at radius 2 is 1.81 bits per heavy atom. The van der Waals surface area contributed by atoms with Crippen LogP contribution in [0.25, 0.3) is 11.0 Å². The second-order valence-corrected chi connectivity index (χ2v) is 5.64. The number of benzene rings is 2. The van der Waals surface area contributed by atoms with Crippen molar-refractivity contribution >= 4 is 34.2 Å². The van der Waals surface area contributed by atoms with Crippen molar-refractivity contribution < 1.29 is 8.81 Å². The number of furan rings is 1. The van der Waals surface area contributed by atoms with Crippen LogP contribution in [0.15, 0.2) is 46.9 Å². The summed E-state index contributed by atoms with van der Waals surface area (Å²) in [6, 6.07) is 11.7. The molecule has 0 aliphatic rings. The average Bonchev–Trinajstić information content (AvgIpc) is 2.89. The second kappa shape index (κ2) is 5.68. The molecule has 0 bridgehead atoms. The van der Waals surface area contributed by atoms with E-state index < -0.39 is 11.9 Å². The summed E-state index contributed by atoms with van der Waals surface area (Å²) in [6.45, 7) is 0. The Hall–Kier alpha value is -1.55. The van der Waals surface area contributed by atoms with Crippen molar-refractivity contribution in [3.8, 4) is 0 Å². The van der Waals surface area contributed by atoms with E-state index in [0.29, 0.717) is 28.4 Å². The molecule has 0 aliphatic carbocycles. The van der Waals surface area contributed by atoms with Crippen molar-refractivity contribution in [1.29, 1.82) is 0 Å². The van der Waals surface area contributed by atoms with Gasteiger partial charge in [-0.3, -0.25) is 0 Å². The fourth-order valence-corrected chi connectivity index (χ4v) is 2.69. The Bertz CT molecular complexity index is 800. The molecule has 2 aromatic carbocycles. The van der Waals surface area contributed by atoms with E-state index in [4.69, 9.17) is 33.4 Å². The van der Waals surface area contributed by atoms with Gasteiger partial charge in [0.2, 0.25) is 0 Å². The van der Waals surface area contributed by atoms with Crippen LogP contribution in [0.2, 0.25) is 10.0 Å². The van der Waals surface area contributed by atoms with Gasteiger partial charge in [-0.25, -0.2) is 4.39 Å². The largest absolute Gasteiger partial charge is 0.458 e. The molecule has 3 rings (SSSR count). The van der Waals surface area contributed by atoms with Crippen LogP contribution < -0.4 is 5.73 Å². The van der Waals surface area contributed by atoms with Crippen molar-refractivity contribution in [2.75, 3.05) is 0 Å². The highest BCUT2D eigenvalue weighted by atomic mass is 35.5. The number of nitrogens with two attached hydrogens (primary N) is 1. The van der Waals surface area contributed by atoms with Crippen LogP contribution in [0, 0.1) is 5.82 Å². The zero-order chi connectivity index (χ0) is 15.0. The fourth-order valence-electron chi connectivity index (χ4n) is 2.27. The minimum absolute atomic E-state index is 0.0901. The molecule has 0 radical (unpaired) electrons. The summed E-state index contributed by atoms with van der Waals surface area (Å²) in [5.74, 6) is 0.126. The zero-order valence-electron chi connectivity index (χ0n) is 10.9. The van der Waals surface area contributed by atoms with E-state index in [-0.39, 0.29) is 5.02 Å². The first-order valence-corrected chi connectivity index (χ1v) is 7.18. The molecule has 1 unspecified atom stereocenters. The number of para-hydroxylation sites is 1. The molecule has 1 atom stereocenters. The van der Waals surface area contributed by atoms with E-state index in [9.17, 15) is 4.39 Å². The smallest absolute Gasteiger partial charge is 0.152 e. The van der Waals surface area contributed by atoms with E-state index in [1.165, 1.54) is 6.07 Å². The van der Waals surface area contributed by atoms with Crippen LogP contribution >= 0.6 is 23.2 Å². The molecule has 3 aromatic rings. The number of hydrogen-bond donors (Lipinski definition) is 1. The lowest BCUT2D eigenvalue weighted by atomic mass is 10.0. The summed E-state index contributed by atoms with van der Waals surface area (Å²) in [5, 5.41) is 1.49. The summed E-state index contributed by atoms with van der Waals surface area (Å²) < 4.78 is 19.6. The molecule has 5 heteroatoms. The van der Waals surface area contributed by atoms with Gasteiger partial charge in [0.05, 0.1) is 16.1 Å². The maximum absolute atomic E-state index is 13.9. The third kappa shape index (κ3) is 2.77.